The first kappa shape index (κ1) is 15.3. The maximum atomic E-state index is 11.8. The number of rotatable bonds is 4. The average Bonchev–Trinajstić information content (AvgIpc) is 3.10. The summed E-state index contributed by atoms with van der Waals surface area (Å²) in [5, 5.41) is 0. The lowest BCUT2D eigenvalue weighted by Gasteiger charge is -2.30. The molecule has 1 saturated heterocycles. The number of ether oxygens (including phenoxy) is 1. The summed E-state index contributed by atoms with van der Waals surface area (Å²) in [6, 6.07) is 8.85. The van der Waals surface area contributed by atoms with Crippen LogP contribution in [0.1, 0.15) is 40.2 Å². The van der Waals surface area contributed by atoms with Gasteiger partial charge in [0.1, 0.15) is 5.76 Å². The van der Waals surface area contributed by atoms with Gasteiger partial charge in [-0.05, 0) is 49.6 Å². The molecule has 2 aromatic rings. The van der Waals surface area contributed by atoms with Crippen molar-refractivity contribution < 1.29 is 18.7 Å². The number of hydrogen-bond donors (Lipinski definition) is 0. The van der Waals surface area contributed by atoms with Gasteiger partial charge in [0.2, 0.25) is 0 Å². The minimum atomic E-state index is -0.390. The zero-order valence-corrected chi connectivity index (χ0v) is 13.1. The van der Waals surface area contributed by atoms with Crippen LogP contribution in [0.4, 0.5) is 5.69 Å². The molecule has 0 radical (unpaired) electrons. The van der Waals surface area contributed by atoms with E-state index in [0.29, 0.717) is 17.6 Å². The Labute approximate surface area is 134 Å². The number of benzene rings is 1. The van der Waals surface area contributed by atoms with Crippen LogP contribution in [0.5, 0.6) is 0 Å². The van der Waals surface area contributed by atoms with Gasteiger partial charge in [-0.25, -0.2) is 4.79 Å². The molecule has 1 aromatic heterocycles. The Morgan fingerprint density at radius 2 is 1.96 bits per heavy atom. The Bertz CT molecular complexity index is 714. The van der Waals surface area contributed by atoms with Crippen molar-refractivity contribution in [2.24, 2.45) is 0 Å². The normalized spacial score (nSPS) is 14.6. The Kier molecular flexibility index (Phi) is 4.46. The van der Waals surface area contributed by atoms with Crippen LogP contribution in [-0.4, -0.2) is 32.5 Å². The Morgan fingerprint density at radius 1 is 1.17 bits per heavy atom. The molecule has 0 aliphatic carbocycles. The summed E-state index contributed by atoms with van der Waals surface area (Å²) in [7, 11) is 1.36. The maximum Gasteiger partial charge on any atom is 0.337 e. The first-order valence-corrected chi connectivity index (χ1v) is 7.75. The largest absolute Gasteiger partial charge is 0.465 e. The molecule has 5 heteroatoms. The van der Waals surface area contributed by atoms with Crippen LogP contribution in [0.2, 0.25) is 0 Å². The molecule has 0 N–H and O–H groups in total. The molecule has 0 saturated carbocycles. The third-order valence-electron chi connectivity index (χ3n) is 4.12. The van der Waals surface area contributed by atoms with E-state index in [-0.39, 0.29) is 5.76 Å². The van der Waals surface area contributed by atoms with E-state index in [0.717, 1.165) is 37.2 Å². The standard InChI is InChI=1S/C18H19NO4/c1-22-18(21)13-5-7-16(19-9-3-2-4-10-19)15(11-13)17-8-6-14(12-20)23-17/h5-8,11-12H,2-4,9-10H2,1H3. The quantitative estimate of drug-likeness (QED) is 0.638. The second-order valence-corrected chi connectivity index (χ2v) is 5.59. The lowest BCUT2D eigenvalue weighted by Crippen LogP contribution is -2.29. The second kappa shape index (κ2) is 6.69. The van der Waals surface area contributed by atoms with Gasteiger partial charge >= 0.3 is 5.97 Å². The summed E-state index contributed by atoms with van der Waals surface area (Å²) in [4.78, 5) is 25.0. The Morgan fingerprint density at radius 3 is 2.61 bits per heavy atom. The maximum absolute atomic E-state index is 11.8. The van der Waals surface area contributed by atoms with E-state index in [1.165, 1.54) is 13.5 Å². The van der Waals surface area contributed by atoms with Crippen LogP contribution in [0.25, 0.3) is 11.3 Å². The molecule has 120 valence electrons. The highest BCUT2D eigenvalue weighted by Crippen LogP contribution is 2.34. The van der Waals surface area contributed by atoms with E-state index >= 15 is 0 Å². The molecule has 0 spiro atoms. The van der Waals surface area contributed by atoms with Crippen LogP contribution in [0.15, 0.2) is 34.7 Å². The van der Waals surface area contributed by atoms with Crippen molar-refractivity contribution in [1.29, 1.82) is 0 Å². The number of methoxy groups -OCH3 is 1. The summed E-state index contributed by atoms with van der Waals surface area (Å²) < 4.78 is 10.4. The Hall–Kier alpha value is -2.56. The lowest BCUT2D eigenvalue weighted by atomic mass is 10.0. The van der Waals surface area contributed by atoms with Crippen LogP contribution in [0, 0.1) is 0 Å². The van der Waals surface area contributed by atoms with E-state index in [1.54, 1.807) is 24.3 Å². The molecule has 0 atom stereocenters. The molecule has 3 rings (SSSR count). The number of carbonyl (C=O) groups excluding carboxylic acids is 2. The van der Waals surface area contributed by atoms with Crippen LogP contribution in [0.3, 0.4) is 0 Å². The number of furan rings is 1. The third-order valence-corrected chi connectivity index (χ3v) is 4.12. The Balaban J connectivity index is 2.06. The first-order chi connectivity index (χ1) is 11.2. The average molecular weight is 313 g/mol. The minimum Gasteiger partial charge on any atom is -0.465 e. The van der Waals surface area contributed by atoms with Gasteiger partial charge in [-0.1, -0.05) is 0 Å². The number of esters is 1. The van der Waals surface area contributed by atoms with E-state index in [9.17, 15) is 9.59 Å². The summed E-state index contributed by atoms with van der Waals surface area (Å²) in [5.41, 5.74) is 2.29. The second-order valence-electron chi connectivity index (χ2n) is 5.59. The fraction of sp³-hybridized carbons (Fsp3) is 0.333. The molecule has 0 bridgehead atoms. The SMILES string of the molecule is COC(=O)c1ccc(N2CCCCC2)c(-c2ccc(C=O)o2)c1. The topological polar surface area (TPSA) is 59.8 Å². The first-order valence-electron chi connectivity index (χ1n) is 7.75. The highest BCUT2D eigenvalue weighted by atomic mass is 16.5. The predicted octanol–water partition coefficient (Wildman–Crippen LogP) is 3.54. The van der Waals surface area contributed by atoms with Crippen molar-refractivity contribution >= 4 is 17.9 Å². The van der Waals surface area contributed by atoms with Gasteiger partial charge in [0.05, 0.1) is 12.7 Å². The number of anilines is 1. The molecule has 1 aliphatic heterocycles. The highest BCUT2D eigenvalue weighted by Gasteiger charge is 2.19. The fourth-order valence-electron chi connectivity index (χ4n) is 2.95. The molecule has 1 aromatic carbocycles. The molecule has 0 unspecified atom stereocenters. The smallest absolute Gasteiger partial charge is 0.337 e. The van der Waals surface area contributed by atoms with Gasteiger partial charge in [0.15, 0.2) is 12.0 Å². The number of nitrogens with zero attached hydrogens (tertiary/aromatic N) is 1. The van der Waals surface area contributed by atoms with Gasteiger partial charge in [-0.2, -0.15) is 0 Å². The highest BCUT2D eigenvalue weighted by molar-refractivity contribution is 5.93. The molecule has 1 fully saturated rings. The number of hydrogen-bond acceptors (Lipinski definition) is 5. The summed E-state index contributed by atoms with van der Waals surface area (Å²) in [5.74, 6) is 0.463. The molecular formula is C18H19NO4. The van der Waals surface area contributed by atoms with E-state index in [1.807, 2.05) is 6.07 Å². The van der Waals surface area contributed by atoms with E-state index in [2.05, 4.69) is 4.90 Å². The molecular weight excluding hydrogens is 294 g/mol. The summed E-state index contributed by atoms with van der Waals surface area (Å²) in [6.45, 7) is 1.96. The van der Waals surface area contributed by atoms with Crippen molar-refractivity contribution in [3.8, 4) is 11.3 Å². The van der Waals surface area contributed by atoms with Gasteiger partial charge in [-0.3, -0.25) is 4.79 Å². The van der Waals surface area contributed by atoms with Gasteiger partial charge in [-0.15, -0.1) is 0 Å². The zero-order chi connectivity index (χ0) is 16.2. The van der Waals surface area contributed by atoms with Crippen molar-refractivity contribution in [1.82, 2.24) is 0 Å². The van der Waals surface area contributed by atoms with Crippen LogP contribution < -0.4 is 4.90 Å². The summed E-state index contributed by atoms with van der Waals surface area (Å²) in [6.07, 6.45) is 4.21. The molecule has 1 aliphatic rings. The van der Waals surface area contributed by atoms with E-state index in [4.69, 9.17) is 9.15 Å². The monoisotopic (exact) mass is 313 g/mol. The molecule has 0 amide bonds. The lowest BCUT2D eigenvalue weighted by molar-refractivity contribution is 0.0600. The number of aldehydes is 1. The third kappa shape index (κ3) is 3.13. The van der Waals surface area contributed by atoms with E-state index < -0.39 is 5.97 Å². The van der Waals surface area contributed by atoms with Gasteiger partial charge < -0.3 is 14.1 Å². The zero-order valence-electron chi connectivity index (χ0n) is 13.1. The number of piperidine rings is 1. The van der Waals surface area contributed by atoms with Crippen molar-refractivity contribution in [2.45, 2.75) is 19.3 Å². The number of carbonyl (C=O) groups is 2. The molecule has 23 heavy (non-hydrogen) atoms. The van der Waals surface area contributed by atoms with Crippen molar-refractivity contribution in [3.63, 3.8) is 0 Å². The van der Waals surface area contributed by atoms with Crippen LogP contribution >= 0.6 is 0 Å². The minimum absolute atomic E-state index is 0.271. The fourth-order valence-corrected chi connectivity index (χ4v) is 2.95. The van der Waals surface area contributed by atoms with Gasteiger partial charge in [0.25, 0.3) is 0 Å². The van der Waals surface area contributed by atoms with Crippen LogP contribution in [-0.2, 0) is 4.74 Å². The summed E-state index contributed by atoms with van der Waals surface area (Å²) >= 11 is 0. The van der Waals surface area contributed by atoms with Gasteiger partial charge in [0, 0.05) is 24.3 Å². The van der Waals surface area contributed by atoms with Crippen molar-refractivity contribution in [3.05, 3.63) is 41.7 Å². The molecule has 5 nitrogen and oxygen atoms in total. The predicted molar refractivity (Wildman–Crippen MR) is 86.9 cm³/mol. The molecule has 2 heterocycles. The van der Waals surface area contributed by atoms with Crippen molar-refractivity contribution in [2.75, 3.05) is 25.1 Å².